The van der Waals surface area contributed by atoms with Crippen LogP contribution in [0.2, 0.25) is 0 Å². The zero-order chi connectivity index (χ0) is 13.9. The van der Waals surface area contributed by atoms with E-state index in [0.29, 0.717) is 6.61 Å². The van der Waals surface area contributed by atoms with E-state index in [-0.39, 0.29) is 5.92 Å². The quantitative estimate of drug-likeness (QED) is 0.926. The molecule has 1 aromatic heterocycles. The van der Waals surface area contributed by atoms with Gasteiger partial charge in [-0.2, -0.15) is 0 Å². The summed E-state index contributed by atoms with van der Waals surface area (Å²) in [5, 5.41) is 10.8. The van der Waals surface area contributed by atoms with Crippen LogP contribution in [-0.2, 0) is 6.42 Å². The molecule has 3 rings (SSSR count). The highest BCUT2D eigenvalue weighted by Gasteiger charge is 2.32. The van der Waals surface area contributed by atoms with Gasteiger partial charge in [-0.1, -0.05) is 24.3 Å². The van der Waals surface area contributed by atoms with Gasteiger partial charge in [0, 0.05) is 23.4 Å². The fraction of sp³-hybridized carbons (Fsp3) is 0.353. The lowest BCUT2D eigenvalue weighted by atomic mass is 9.93. The van der Waals surface area contributed by atoms with E-state index in [1.165, 1.54) is 5.56 Å². The summed E-state index contributed by atoms with van der Waals surface area (Å²) in [6, 6.07) is 11.8. The Balaban J connectivity index is 1.92. The van der Waals surface area contributed by atoms with Gasteiger partial charge in [0.1, 0.15) is 5.75 Å². The first-order valence-corrected chi connectivity index (χ1v) is 7.15. The fourth-order valence-electron chi connectivity index (χ4n) is 2.98. The molecular weight excluding hydrogens is 250 g/mol. The summed E-state index contributed by atoms with van der Waals surface area (Å²) in [6.07, 6.45) is 3.17. The van der Waals surface area contributed by atoms with E-state index in [1.807, 2.05) is 37.3 Å². The van der Waals surface area contributed by atoms with Crippen molar-refractivity contribution in [3.8, 4) is 5.75 Å². The first-order valence-electron chi connectivity index (χ1n) is 7.15. The van der Waals surface area contributed by atoms with Crippen LogP contribution in [0.4, 0.5) is 0 Å². The van der Waals surface area contributed by atoms with E-state index in [1.54, 1.807) is 6.20 Å². The Morgan fingerprint density at radius 3 is 3.00 bits per heavy atom. The van der Waals surface area contributed by atoms with Crippen molar-refractivity contribution < 1.29 is 9.84 Å². The molecule has 0 fully saturated rings. The van der Waals surface area contributed by atoms with Crippen molar-refractivity contribution in [1.29, 1.82) is 0 Å². The summed E-state index contributed by atoms with van der Waals surface area (Å²) >= 11 is 0. The Labute approximate surface area is 119 Å². The van der Waals surface area contributed by atoms with Crippen LogP contribution in [0.5, 0.6) is 5.75 Å². The molecule has 2 atom stereocenters. The van der Waals surface area contributed by atoms with Crippen LogP contribution in [0, 0.1) is 0 Å². The maximum absolute atomic E-state index is 10.8. The van der Waals surface area contributed by atoms with Gasteiger partial charge in [-0.3, -0.25) is 4.98 Å². The molecule has 2 unspecified atom stereocenters. The minimum Gasteiger partial charge on any atom is -0.493 e. The number of aliphatic hydroxyl groups excluding tert-OH is 1. The number of benzene rings is 1. The SMILES string of the molecule is CCOc1ccccc1C(O)C1CCc2cccnc21. The minimum absolute atomic E-state index is 0.0628. The van der Waals surface area contributed by atoms with Crippen molar-refractivity contribution in [3.63, 3.8) is 0 Å². The number of fused-ring (bicyclic) bond motifs is 1. The van der Waals surface area contributed by atoms with Crippen molar-refractivity contribution in [2.24, 2.45) is 0 Å². The highest BCUT2D eigenvalue weighted by atomic mass is 16.5. The third-order valence-corrected chi connectivity index (χ3v) is 3.92. The minimum atomic E-state index is -0.561. The molecule has 0 bridgehead atoms. The number of para-hydroxylation sites is 1. The predicted molar refractivity (Wildman–Crippen MR) is 77.9 cm³/mol. The molecule has 0 aliphatic heterocycles. The van der Waals surface area contributed by atoms with Gasteiger partial charge in [-0.15, -0.1) is 0 Å². The Morgan fingerprint density at radius 2 is 2.15 bits per heavy atom. The van der Waals surface area contributed by atoms with Crippen LogP contribution in [0.1, 0.15) is 42.2 Å². The summed E-state index contributed by atoms with van der Waals surface area (Å²) in [6.45, 7) is 2.55. The number of rotatable bonds is 4. The zero-order valence-electron chi connectivity index (χ0n) is 11.6. The second-order valence-corrected chi connectivity index (χ2v) is 5.11. The largest absolute Gasteiger partial charge is 0.493 e. The lowest BCUT2D eigenvalue weighted by Gasteiger charge is -2.21. The van der Waals surface area contributed by atoms with Crippen molar-refractivity contribution in [2.45, 2.75) is 31.8 Å². The first kappa shape index (κ1) is 13.1. The summed E-state index contributed by atoms with van der Waals surface area (Å²) in [4.78, 5) is 4.46. The molecule has 3 heteroatoms. The van der Waals surface area contributed by atoms with E-state index < -0.39 is 6.10 Å². The molecule has 1 N–H and O–H groups in total. The molecule has 20 heavy (non-hydrogen) atoms. The monoisotopic (exact) mass is 269 g/mol. The van der Waals surface area contributed by atoms with Crippen LogP contribution in [-0.4, -0.2) is 16.7 Å². The van der Waals surface area contributed by atoms with Crippen LogP contribution in [0.3, 0.4) is 0 Å². The Bertz CT molecular complexity index is 597. The van der Waals surface area contributed by atoms with Gasteiger partial charge >= 0.3 is 0 Å². The van der Waals surface area contributed by atoms with E-state index in [0.717, 1.165) is 29.8 Å². The zero-order valence-corrected chi connectivity index (χ0v) is 11.6. The summed E-state index contributed by atoms with van der Waals surface area (Å²) < 4.78 is 5.63. The highest BCUT2D eigenvalue weighted by Crippen LogP contribution is 2.42. The molecule has 0 spiro atoms. The average molecular weight is 269 g/mol. The number of hydrogen-bond acceptors (Lipinski definition) is 3. The van der Waals surface area contributed by atoms with Crippen LogP contribution < -0.4 is 4.74 Å². The molecule has 0 amide bonds. The number of nitrogens with zero attached hydrogens (tertiary/aromatic N) is 1. The topological polar surface area (TPSA) is 42.4 Å². The predicted octanol–water partition coefficient (Wildman–Crippen LogP) is 3.24. The number of aliphatic hydroxyl groups is 1. The Kier molecular flexibility index (Phi) is 3.70. The highest BCUT2D eigenvalue weighted by molar-refractivity contribution is 5.39. The second kappa shape index (κ2) is 5.63. The lowest BCUT2D eigenvalue weighted by Crippen LogP contribution is -2.11. The van der Waals surface area contributed by atoms with Crippen molar-refractivity contribution in [1.82, 2.24) is 4.98 Å². The van der Waals surface area contributed by atoms with Gasteiger partial charge in [0.05, 0.1) is 12.7 Å². The summed E-state index contributed by atoms with van der Waals surface area (Å²) in [7, 11) is 0. The number of ether oxygens (including phenoxy) is 1. The third-order valence-electron chi connectivity index (χ3n) is 3.92. The molecular formula is C17H19NO2. The van der Waals surface area contributed by atoms with E-state index in [2.05, 4.69) is 11.1 Å². The van der Waals surface area contributed by atoms with Crippen molar-refractivity contribution >= 4 is 0 Å². The van der Waals surface area contributed by atoms with Crippen molar-refractivity contribution in [3.05, 3.63) is 59.4 Å². The molecule has 1 aromatic carbocycles. The standard InChI is InChI=1S/C17H19NO2/c1-2-20-15-8-4-3-7-13(15)17(19)14-10-9-12-6-5-11-18-16(12)14/h3-8,11,14,17,19H,2,9-10H2,1H3. The molecule has 1 aliphatic rings. The lowest BCUT2D eigenvalue weighted by molar-refractivity contribution is 0.138. The number of hydrogen-bond donors (Lipinski definition) is 1. The molecule has 2 aromatic rings. The number of aryl methyl sites for hydroxylation is 1. The number of pyridine rings is 1. The molecule has 0 saturated carbocycles. The first-order chi connectivity index (χ1) is 9.81. The molecule has 0 saturated heterocycles. The van der Waals surface area contributed by atoms with Gasteiger partial charge in [0.25, 0.3) is 0 Å². The van der Waals surface area contributed by atoms with Gasteiger partial charge in [-0.05, 0) is 37.5 Å². The van der Waals surface area contributed by atoms with E-state index >= 15 is 0 Å². The van der Waals surface area contributed by atoms with E-state index in [9.17, 15) is 5.11 Å². The third kappa shape index (κ3) is 2.29. The number of aromatic nitrogens is 1. The van der Waals surface area contributed by atoms with Crippen LogP contribution >= 0.6 is 0 Å². The molecule has 104 valence electrons. The summed E-state index contributed by atoms with van der Waals surface area (Å²) in [5.74, 6) is 0.833. The van der Waals surface area contributed by atoms with Crippen LogP contribution in [0.15, 0.2) is 42.6 Å². The average Bonchev–Trinajstić information content (AvgIpc) is 2.91. The van der Waals surface area contributed by atoms with E-state index in [4.69, 9.17) is 4.74 Å². The molecule has 0 radical (unpaired) electrons. The normalized spacial score (nSPS) is 18.6. The Morgan fingerprint density at radius 1 is 1.30 bits per heavy atom. The van der Waals surface area contributed by atoms with Crippen molar-refractivity contribution in [2.75, 3.05) is 6.61 Å². The van der Waals surface area contributed by atoms with Gasteiger partial charge in [0.2, 0.25) is 0 Å². The van der Waals surface area contributed by atoms with Crippen LogP contribution in [0.25, 0.3) is 0 Å². The molecule has 1 aliphatic carbocycles. The smallest absolute Gasteiger partial charge is 0.125 e. The maximum atomic E-state index is 10.8. The van der Waals surface area contributed by atoms with Gasteiger partial charge in [0.15, 0.2) is 0 Å². The fourth-order valence-corrected chi connectivity index (χ4v) is 2.98. The maximum Gasteiger partial charge on any atom is 0.125 e. The van der Waals surface area contributed by atoms with Gasteiger partial charge < -0.3 is 9.84 Å². The second-order valence-electron chi connectivity index (χ2n) is 5.11. The summed E-state index contributed by atoms with van der Waals surface area (Å²) in [5.41, 5.74) is 3.15. The molecule has 1 heterocycles. The van der Waals surface area contributed by atoms with Gasteiger partial charge in [-0.25, -0.2) is 0 Å². The Hall–Kier alpha value is -1.87. The molecule has 3 nitrogen and oxygen atoms in total.